The first-order valence-electron chi connectivity index (χ1n) is 6.37. The molecule has 0 radical (unpaired) electrons. The molecule has 0 bridgehead atoms. The fourth-order valence-corrected chi connectivity index (χ4v) is 3.26. The summed E-state index contributed by atoms with van der Waals surface area (Å²) < 4.78 is 0. The van der Waals surface area contributed by atoms with E-state index in [-0.39, 0.29) is 5.78 Å². The molecule has 0 heterocycles. The van der Waals surface area contributed by atoms with E-state index in [1.165, 1.54) is 0 Å². The molecule has 2 nitrogen and oxygen atoms in total. The van der Waals surface area contributed by atoms with Gasteiger partial charge in [0.15, 0.2) is 5.78 Å². The highest BCUT2D eigenvalue weighted by Gasteiger charge is 2.26. The van der Waals surface area contributed by atoms with Gasteiger partial charge in [0.25, 0.3) is 0 Å². The molecule has 1 aliphatic carbocycles. The van der Waals surface area contributed by atoms with E-state index in [1.807, 2.05) is 48.5 Å². The van der Waals surface area contributed by atoms with Crippen LogP contribution in [0, 0.1) is 0 Å². The molecular weight excluding hydrogens is 266 g/mol. The van der Waals surface area contributed by atoms with Gasteiger partial charge in [-0.25, -0.2) is 0 Å². The third kappa shape index (κ3) is 1.33. The second-order valence-corrected chi connectivity index (χ2v) is 5.42. The van der Waals surface area contributed by atoms with Crippen LogP contribution in [0.4, 0.5) is 5.69 Å². The van der Waals surface area contributed by atoms with Crippen LogP contribution in [-0.2, 0) is 0 Å². The van der Waals surface area contributed by atoms with E-state index in [2.05, 4.69) is 12.6 Å². The molecule has 0 saturated heterocycles. The van der Waals surface area contributed by atoms with Crippen LogP contribution in [0.25, 0.3) is 21.9 Å². The van der Waals surface area contributed by atoms with Gasteiger partial charge in [0, 0.05) is 32.7 Å². The largest absolute Gasteiger partial charge is 0.398 e. The zero-order valence-corrected chi connectivity index (χ0v) is 11.4. The molecule has 0 fully saturated rings. The molecule has 0 aromatic heterocycles. The van der Waals surface area contributed by atoms with E-state index < -0.39 is 0 Å². The number of hydrogen-bond acceptors (Lipinski definition) is 3. The summed E-state index contributed by atoms with van der Waals surface area (Å²) in [6.07, 6.45) is 0. The molecule has 3 aromatic rings. The molecule has 2 N–H and O–H groups in total. The second-order valence-electron chi connectivity index (χ2n) is 4.97. The number of anilines is 1. The van der Waals surface area contributed by atoms with E-state index in [0.29, 0.717) is 11.3 Å². The maximum Gasteiger partial charge on any atom is 0.194 e. The van der Waals surface area contributed by atoms with Gasteiger partial charge in [-0.3, -0.25) is 4.79 Å². The van der Waals surface area contributed by atoms with Crippen molar-refractivity contribution >= 4 is 34.9 Å². The lowest BCUT2D eigenvalue weighted by Gasteiger charge is -2.22. The van der Waals surface area contributed by atoms with Gasteiger partial charge in [0.05, 0.1) is 0 Å². The Morgan fingerprint density at radius 1 is 0.900 bits per heavy atom. The number of hydrogen-bond donors (Lipinski definition) is 2. The summed E-state index contributed by atoms with van der Waals surface area (Å²) in [6, 6.07) is 15.2. The summed E-state index contributed by atoms with van der Waals surface area (Å²) in [4.78, 5) is 13.4. The first kappa shape index (κ1) is 11.6. The summed E-state index contributed by atoms with van der Waals surface area (Å²) in [6.45, 7) is 0. The van der Waals surface area contributed by atoms with Crippen LogP contribution in [0.15, 0.2) is 53.4 Å². The maximum atomic E-state index is 12.6. The Labute approximate surface area is 121 Å². The predicted octanol–water partition coefficient (Wildman–Crippen LogP) is 3.92. The van der Waals surface area contributed by atoms with Crippen molar-refractivity contribution in [3.8, 4) is 11.1 Å². The fraction of sp³-hybridized carbons (Fsp3) is 0. The summed E-state index contributed by atoms with van der Waals surface area (Å²) >= 11 is 4.57. The smallest absolute Gasteiger partial charge is 0.194 e. The van der Waals surface area contributed by atoms with Crippen LogP contribution in [0.3, 0.4) is 0 Å². The topological polar surface area (TPSA) is 43.1 Å². The zero-order chi connectivity index (χ0) is 13.9. The van der Waals surface area contributed by atoms with Gasteiger partial charge in [0.1, 0.15) is 0 Å². The summed E-state index contributed by atoms with van der Waals surface area (Å²) in [7, 11) is 0. The summed E-state index contributed by atoms with van der Waals surface area (Å²) in [5, 5.41) is 1.94. The normalized spacial score (nSPS) is 12.6. The van der Waals surface area contributed by atoms with Crippen molar-refractivity contribution in [3.63, 3.8) is 0 Å². The van der Waals surface area contributed by atoms with Crippen molar-refractivity contribution in [2.24, 2.45) is 0 Å². The molecular formula is C17H11NOS. The number of nitrogen functional groups attached to an aromatic ring is 1. The fourth-order valence-electron chi connectivity index (χ4n) is 2.96. The molecule has 20 heavy (non-hydrogen) atoms. The van der Waals surface area contributed by atoms with Gasteiger partial charge in [-0.2, -0.15) is 0 Å². The minimum Gasteiger partial charge on any atom is -0.398 e. The number of thiol groups is 1. The highest BCUT2D eigenvalue weighted by Crippen LogP contribution is 2.44. The Hall–Kier alpha value is -2.26. The molecule has 96 valence electrons. The molecule has 3 heteroatoms. The highest BCUT2D eigenvalue weighted by atomic mass is 32.1. The van der Waals surface area contributed by atoms with E-state index in [4.69, 9.17) is 5.73 Å². The average molecular weight is 277 g/mol. The Morgan fingerprint density at radius 2 is 1.60 bits per heavy atom. The second kappa shape index (κ2) is 3.87. The van der Waals surface area contributed by atoms with Gasteiger partial charge in [-0.1, -0.05) is 42.5 Å². The SMILES string of the molecule is Nc1cc2cccc3c2c(c1S)-c1ccccc1C3=O. The molecule has 0 atom stereocenters. The Morgan fingerprint density at radius 3 is 2.40 bits per heavy atom. The molecule has 0 amide bonds. The first-order chi connectivity index (χ1) is 9.68. The van der Waals surface area contributed by atoms with Gasteiger partial charge < -0.3 is 5.73 Å². The third-order valence-corrected chi connectivity index (χ3v) is 4.34. The van der Waals surface area contributed by atoms with E-state index in [0.717, 1.165) is 32.4 Å². The van der Waals surface area contributed by atoms with Gasteiger partial charge >= 0.3 is 0 Å². The molecule has 3 aromatic carbocycles. The van der Waals surface area contributed by atoms with Crippen molar-refractivity contribution in [3.05, 3.63) is 59.7 Å². The molecule has 0 aliphatic heterocycles. The van der Waals surface area contributed by atoms with Crippen LogP contribution in [-0.4, -0.2) is 5.78 Å². The number of carbonyl (C=O) groups excluding carboxylic acids is 1. The first-order valence-corrected chi connectivity index (χ1v) is 6.81. The number of fused-ring (bicyclic) bond motifs is 2. The lowest BCUT2D eigenvalue weighted by atomic mass is 9.82. The number of nitrogens with two attached hydrogens (primary N) is 1. The number of rotatable bonds is 0. The van der Waals surface area contributed by atoms with Crippen LogP contribution in [0.2, 0.25) is 0 Å². The van der Waals surface area contributed by atoms with Crippen LogP contribution < -0.4 is 5.73 Å². The van der Waals surface area contributed by atoms with Gasteiger partial charge in [-0.05, 0) is 17.0 Å². The van der Waals surface area contributed by atoms with Crippen LogP contribution >= 0.6 is 12.6 Å². The molecule has 0 saturated carbocycles. The van der Waals surface area contributed by atoms with E-state index in [1.54, 1.807) is 0 Å². The predicted molar refractivity (Wildman–Crippen MR) is 84.5 cm³/mol. The lowest BCUT2D eigenvalue weighted by Crippen LogP contribution is -2.10. The van der Waals surface area contributed by atoms with Crippen molar-refractivity contribution in [1.82, 2.24) is 0 Å². The van der Waals surface area contributed by atoms with Crippen molar-refractivity contribution in [1.29, 1.82) is 0 Å². The standard InChI is InChI=1S/C17H11NOS/c18-13-8-9-4-3-7-12-14(9)15(17(13)20)10-5-1-2-6-11(10)16(12)19/h1-8,20H,18H2. The Bertz CT molecular complexity index is 899. The molecule has 0 unspecified atom stereocenters. The molecule has 0 spiro atoms. The Kier molecular flexibility index (Phi) is 2.24. The summed E-state index contributed by atoms with van der Waals surface area (Å²) in [5.74, 6) is 0.0659. The quantitative estimate of drug-likeness (QED) is 0.378. The number of carbonyl (C=O) groups is 1. The lowest BCUT2D eigenvalue weighted by molar-refractivity contribution is 0.104. The van der Waals surface area contributed by atoms with E-state index in [9.17, 15) is 4.79 Å². The highest BCUT2D eigenvalue weighted by molar-refractivity contribution is 7.80. The zero-order valence-electron chi connectivity index (χ0n) is 10.6. The average Bonchev–Trinajstić information content (AvgIpc) is 2.47. The monoisotopic (exact) mass is 277 g/mol. The van der Waals surface area contributed by atoms with Crippen LogP contribution in [0.1, 0.15) is 15.9 Å². The van der Waals surface area contributed by atoms with Crippen LogP contribution in [0.5, 0.6) is 0 Å². The van der Waals surface area contributed by atoms with Crippen molar-refractivity contribution in [2.75, 3.05) is 5.73 Å². The Balaban J connectivity index is 2.32. The minimum absolute atomic E-state index is 0.0659. The molecule has 1 aliphatic rings. The number of benzene rings is 3. The number of ketones is 1. The van der Waals surface area contributed by atoms with Gasteiger partial charge in [-0.15, -0.1) is 12.6 Å². The maximum absolute atomic E-state index is 12.6. The van der Waals surface area contributed by atoms with E-state index >= 15 is 0 Å². The van der Waals surface area contributed by atoms with Crippen molar-refractivity contribution in [2.45, 2.75) is 4.90 Å². The third-order valence-electron chi connectivity index (χ3n) is 3.85. The van der Waals surface area contributed by atoms with Gasteiger partial charge in [0.2, 0.25) is 0 Å². The summed E-state index contributed by atoms with van der Waals surface area (Å²) in [5.41, 5.74) is 10.0. The van der Waals surface area contributed by atoms with Crippen molar-refractivity contribution < 1.29 is 4.79 Å². The minimum atomic E-state index is 0.0659. The molecule has 4 rings (SSSR count).